The third kappa shape index (κ3) is 3.30. The van der Waals surface area contributed by atoms with E-state index in [4.69, 9.17) is 0 Å². The topological polar surface area (TPSA) is 15.3 Å². The maximum atomic E-state index is 3.48. The summed E-state index contributed by atoms with van der Waals surface area (Å²) in [6.07, 6.45) is 2.43. The number of hydrogen-bond acceptors (Lipinski definition) is 2. The maximum Gasteiger partial charge on any atom is 0.0218 e. The molecule has 1 atom stereocenters. The van der Waals surface area contributed by atoms with Crippen molar-refractivity contribution in [1.82, 2.24) is 10.2 Å². The molecule has 1 fully saturated rings. The first-order chi connectivity index (χ1) is 8.31. The lowest BCUT2D eigenvalue weighted by atomic mass is 10.0. The zero-order valence-electron chi connectivity index (χ0n) is 11.1. The van der Waals surface area contributed by atoms with Gasteiger partial charge in [-0.25, -0.2) is 0 Å². The molecule has 94 valence electrons. The van der Waals surface area contributed by atoms with Crippen molar-refractivity contribution in [2.24, 2.45) is 0 Å². The molecular weight excluding hydrogens is 208 g/mol. The van der Waals surface area contributed by atoms with Crippen molar-refractivity contribution in [2.75, 3.05) is 26.2 Å². The van der Waals surface area contributed by atoms with E-state index < -0.39 is 0 Å². The molecule has 1 N–H and O–H groups in total. The van der Waals surface area contributed by atoms with E-state index >= 15 is 0 Å². The Morgan fingerprint density at radius 2 is 2.18 bits per heavy atom. The summed E-state index contributed by atoms with van der Waals surface area (Å²) in [5.41, 5.74) is 2.93. The molecule has 1 aromatic carbocycles. The van der Waals surface area contributed by atoms with E-state index in [0.717, 1.165) is 19.1 Å². The average Bonchev–Trinajstić information content (AvgIpc) is 2.38. The molecule has 0 radical (unpaired) electrons. The molecule has 0 bridgehead atoms. The molecule has 1 heterocycles. The smallest absolute Gasteiger partial charge is 0.0218 e. The summed E-state index contributed by atoms with van der Waals surface area (Å²) >= 11 is 0. The van der Waals surface area contributed by atoms with Crippen molar-refractivity contribution < 1.29 is 0 Å². The minimum Gasteiger partial charge on any atom is -0.314 e. The van der Waals surface area contributed by atoms with Crippen LogP contribution < -0.4 is 5.32 Å². The molecular formula is C15H24N2. The molecule has 17 heavy (non-hydrogen) atoms. The summed E-state index contributed by atoms with van der Waals surface area (Å²) in [6, 6.07) is 9.48. The molecule has 1 aliphatic rings. The largest absolute Gasteiger partial charge is 0.314 e. The zero-order valence-corrected chi connectivity index (χ0v) is 11.1. The van der Waals surface area contributed by atoms with Gasteiger partial charge in [-0.1, -0.05) is 31.2 Å². The summed E-state index contributed by atoms with van der Waals surface area (Å²) in [7, 11) is 0. The van der Waals surface area contributed by atoms with Gasteiger partial charge in [0.1, 0.15) is 0 Å². The molecule has 2 rings (SSSR count). The highest BCUT2D eigenvalue weighted by atomic mass is 15.2. The lowest BCUT2D eigenvalue weighted by Gasteiger charge is -2.35. The summed E-state index contributed by atoms with van der Waals surface area (Å²) in [5.74, 6) is 0. The normalized spacial score (nSPS) is 21.6. The maximum absolute atomic E-state index is 3.48. The number of piperazine rings is 1. The summed E-state index contributed by atoms with van der Waals surface area (Å²) in [5, 5.41) is 3.48. The van der Waals surface area contributed by atoms with Crippen LogP contribution in [0, 0.1) is 6.92 Å². The predicted octanol–water partition coefficient (Wildman–Crippen LogP) is 2.22. The molecule has 1 aliphatic heterocycles. The Kier molecular flexibility index (Phi) is 4.57. The van der Waals surface area contributed by atoms with Gasteiger partial charge in [0.05, 0.1) is 0 Å². The van der Waals surface area contributed by atoms with Gasteiger partial charge in [0.15, 0.2) is 0 Å². The van der Waals surface area contributed by atoms with E-state index in [-0.39, 0.29) is 0 Å². The van der Waals surface area contributed by atoms with E-state index in [0.29, 0.717) is 0 Å². The average molecular weight is 232 g/mol. The summed E-state index contributed by atoms with van der Waals surface area (Å²) < 4.78 is 0. The molecule has 2 heteroatoms. The third-order valence-electron chi connectivity index (χ3n) is 3.87. The van der Waals surface area contributed by atoms with Crippen LogP contribution in [0.15, 0.2) is 24.3 Å². The van der Waals surface area contributed by atoms with E-state index in [9.17, 15) is 0 Å². The molecule has 0 aliphatic carbocycles. The molecule has 0 amide bonds. The van der Waals surface area contributed by atoms with Gasteiger partial charge < -0.3 is 5.32 Å². The minimum absolute atomic E-state index is 0.729. The van der Waals surface area contributed by atoms with E-state index in [1.54, 1.807) is 0 Å². The van der Waals surface area contributed by atoms with Crippen LogP contribution in [0.5, 0.6) is 0 Å². The standard InChI is InChI=1S/C15H24N2/c1-3-15-12-16-9-11-17(15)10-8-14-7-5-4-6-13(14)2/h4-7,15-16H,3,8-12H2,1-2H3. The molecule has 0 aromatic heterocycles. The Morgan fingerprint density at radius 3 is 2.94 bits per heavy atom. The van der Waals surface area contributed by atoms with Gasteiger partial charge in [-0.2, -0.15) is 0 Å². The van der Waals surface area contributed by atoms with Crippen molar-refractivity contribution in [3.8, 4) is 0 Å². The summed E-state index contributed by atoms with van der Waals surface area (Å²) in [6.45, 7) is 9.20. The molecule has 0 spiro atoms. The highest BCUT2D eigenvalue weighted by molar-refractivity contribution is 5.25. The number of rotatable bonds is 4. The van der Waals surface area contributed by atoms with E-state index in [1.807, 2.05) is 0 Å². The van der Waals surface area contributed by atoms with Gasteiger partial charge in [0.2, 0.25) is 0 Å². The molecule has 1 aromatic rings. The molecule has 2 nitrogen and oxygen atoms in total. The second-order valence-electron chi connectivity index (χ2n) is 4.98. The lowest BCUT2D eigenvalue weighted by molar-refractivity contribution is 0.159. The van der Waals surface area contributed by atoms with Gasteiger partial charge in [0, 0.05) is 32.2 Å². The second kappa shape index (κ2) is 6.18. The molecule has 1 saturated heterocycles. The van der Waals surface area contributed by atoms with Crippen LogP contribution in [-0.4, -0.2) is 37.1 Å². The lowest BCUT2D eigenvalue weighted by Crippen LogP contribution is -2.51. The second-order valence-corrected chi connectivity index (χ2v) is 4.98. The number of benzene rings is 1. The Morgan fingerprint density at radius 1 is 1.35 bits per heavy atom. The van der Waals surface area contributed by atoms with Gasteiger partial charge in [-0.15, -0.1) is 0 Å². The Balaban J connectivity index is 1.90. The molecule has 1 unspecified atom stereocenters. The predicted molar refractivity (Wildman–Crippen MR) is 73.4 cm³/mol. The third-order valence-corrected chi connectivity index (χ3v) is 3.87. The van der Waals surface area contributed by atoms with Crippen molar-refractivity contribution in [1.29, 1.82) is 0 Å². The van der Waals surface area contributed by atoms with Gasteiger partial charge in [0.25, 0.3) is 0 Å². The Labute approximate surface area is 105 Å². The van der Waals surface area contributed by atoms with Gasteiger partial charge in [-0.3, -0.25) is 4.90 Å². The Bertz CT molecular complexity index is 349. The number of nitrogens with one attached hydrogen (secondary N) is 1. The van der Waals surface area contributed by atoms with Crippen LogP contribution in [-0.2, 0) is 6.42 Å². The zero-order chi connectivity index (χ0) is 12.1. The highest BCUT2D eigenvalue weighted by Gasteiger charge is 2.19. The van der Waals surface area contributed by atoms with Crippen LogP contribution in [0.25, 0.3) is 0 Å². The highest BCUT2D eigenvalue weighted by Crippen LogP contribution is 2.12. The van der Waals surface area contributed by atoms with Gasteiger partial charge >= 0.3 is 0 Å². The van der Waals surface area contributed by atoms with Crippen LogP contribution in [0.4, 0.5) is 0 Å². The Hall–Kier alpha value is -0.860. The first kappa shape index (κ1) is 12.6. The molecule has 0 saturated carbocycles. The fourth-order valence-corrected chi connectivity index (χ4v) is 2.65. The van der Waals surface area contributed by atoms with Crippen molar-refractivity contribution in [2.45, 2.75) is 32.7 Å². The van der Waals surface area contributed by atoms with E-state index in [1.165, 1.54) is 37.1 Å². The van der Waals surface area contributed by atoms with Crippen LogP contribution in [0.3, 0.4) is 0 Å². The minimum atomic E-state index is 0.729. The van der Waals surface area contributed by atoms with E-state index in [2.05, 4.69) is 48.3 Å². The van der Waals surface area contributed by atoms with Crippen molar-refractivity contribution in [3.05, 3.63) is 35.4 Å². The van der Waals surface area contributed by atoms with Crippen LogP contribution in [0.2, 0.25) is 0 Å². The monoisotopic (exact) mass is 232 g/mol. The summed E-state index contributed by atoms with van der Waals surface area (Å²) in [4.78, 5) is 2.64. The van der Waals surface area contributed by atoms with Crippen LogP contribution >= 0.6 is 0 Å². The number of aryl methyl sites for hydroxylation is 1. The quantitative estimate of drug-likeness (QED) is 0.856. The first-order valence-electron chi connectivity index (χ1n) is 6.80. The van der Waals surface area contributed by atoms with Crippen molar-refractivity contribution >= 4 is 0 Å². The fourth-order valence-electron chi connectivity index (χ4n) is 2.65. The van der Waals surface area contributed by atoms with Crippen LogP contribution in [0.1, 0.15) is 24.5 Å². The first-order valence-corrected chi connectivity index (χ1v) is 6.80. The fraction of sp³-hybridized carbons (Fsp3) is 0.600. The van der Waals surface area contributed by atoms with Crippen molar-refractivity contribution in [3.63, 3.8) is 0 Å². The number of nitrogens with zero attached hydrogens (tertiary/aromatic N) is 1. The van der Waals surface area contributed by atoms with Gasteiger partial charge in [-0.05, 0) is 30.9 Å². The number of hydrogen-bond donors (Lipinski definition) is 1. The SMILES string of the molecule is CCC1CNCCN1CCc1ccccc1C.